The molecular formula is C65H50. The van der Waals surface area contributed by atoms with E-state index in [9.17, 15) is 0 Å². The van der Waals surface area contributed by atoms with Gasteiger partial charge >= 0.3 is 0 Å². The van der Waals surface area contributed by atoms with E-state index in [1.54, 1.807) is 0 Å². The number of rotatable bonds is 10. The first kappa shape index (κ1) is 40.0. The Bertz CT molecular complexity index is 3010. The maximum absolute atomic E-state index is 2.56. The van der Waals surface area contributed by atoms with Crippen molar-refractivity contribution in [3.63, 3.8) is 0 Å². The minimum atomic E-state index is -0.159. The lowest BCUT2D eigenvalue weighted by molar-refractivity contribution is 0.491. The topological polar surface area (TPSA) is 0 Å². The van der Waals surface area contributed by atoms with E-state index in [0.29, 0.717) is 0 Å². The van der Waals surface area contributed by atoms with Gasteiger partial charge in [0.15, 0.2) is 0 Å². The van der Waals surface area contributed by atoms with E-state index in [0.717, 1.165) is 12.8 Å². The summed E-state index contributed by atoms with van der Waals surface area (Å²) >= 11 is 0. The van der Waals surface area contributed by atoms with E-state index in [4.69, 9.17) is 0 Å². The average molecular weight is 831 g/mol. The second-order valence-electron chi connectivity index (χ2n) is 17.4. The lowest BCUT2D eigenvalue weighted by atomic mass is 9.72. The summed E-state index contributed by atoms with van der Waals surface area (Å²) in [6, 6.07) is 89.7. The van der Waals surface area contributed by atoms with Crippen molar-refractivity contribution in [2.45, 2.75) is 32.1 Å². The zero-order valence-electron chi connectivity index (χ0n) is 37.0. The van der Waals surface area contributed by atoms with Crippen molar-refractivity contribution in [3.05, 3.63) is 254 Å². The first-order chi connectivity index (χ1) is 32.1. The van der Waals surface area contributed by atoms with Crippen LogP contribution in [0, 0.1) is 0 Å². The molecule has 0 amide bonds. The molecule has 0 fully saturated rings. The summed E-state index contributed by atoms with van der Waals surface area (Å²) in [4.78, 5) is 0. The molecule has 0 nitrogen and oxygen atoms in total. The molecule has 0 radical (unpaired) electrons. The molecule has 10 aromatic rings. The van der Waals surface area contributed by atoms with Gasteiger partial charge in [0.1, 0.15) is 0 Å². The van der Waals surface area contributed by atoms with Gasteiger partial charge in [0.25, 0.3) is 0 Å². The Morgan fingerprint density at radius 3 is 0.646 bits per heavy atom. The van der Waals surface area contributed by atoms with Crippen molar-refractivity contribution in [1.29, 1.82) is 0 Å². The molecule has 0 unspecified atom stereocenters. The van der Waals surface area contributed by atoms with Gasteiger partial charge in [-0.15, -0.1) is 0 Å². The summed E-state index contributed by atoms with van der Waals surface area (Å²) in [5, 5.41) is 0. The Kier molecular flexibility index (Phi) is 10.5. The first-order valence-corrected chi connectivity index (χ1v) is 23.1. The molecule has 1 aliphatic rings. The van der Waals surface area contributed by atoms with Crippen LogP contribution in [-0.2, 0) is 5.41 Å². The Labute approximate surface area is 384 Å². The predicted molar refractivity (Wildman–Crippen MR) is 277 cm³/mol. The van der Waals surface area contributed by atoms with E-state index >= 15 is 0 Å². The second-order valence-corrected chi connectivity index (χ2v) is 17.4. The molecule has 0 saturated carbocycles. The highest BCUT2D eigenvalue weighted by molar-refractivity contribution is 5.97. The summed E-state index contributed by atoms with van der Waals surface area (Å²) in [7, 11) is 0. The summed E-state index contributed by atoms with van der Waals surface area (Å²) in [5.41, 5.74) is 25.1. The van der Waals surface area contributed by atoms with Crippen LogP contribution in [0.4, 0.5) is 0 Å². The minimum Gasteiger partial charge on any atom is -0.0642 e. The predicted octanol–water partition coefficient (Wildman–Crippen LogP) is 18.1. The summed E-state index contributed by atoms with van der Waals surface area (Å²) in [6.45, 7) is 4.77. The molecule has 10 aromatic carbocycles. The van der Waals surface area contributed by atoms with Gasteiger partial charge in [0.05, 0.1) is 0 Å². The molecule has 0 heterocycles. The quantitative estimate of drug-likeness (QED) is 0.129. The monoisotopic (exact) mass is 830 g/mol. The molecule has 0 bridgehead atoms. The van der Waals surface area contributed by atoms with Crippen molar-refractivity contribution in [2.24, 2.45) is 0 Å². The van der Waals surface area contributed by atoms with Gasteiger partial charge < -0.3 is 0 Å². The fraction of sp³-hybridized carbons (Fsp3) is 0.0769. The van der Waals surface area contributed by atoms with Gasteiger partial charge in [0, 0.05) is 5.41 Å². The molecule has 0 aliphatic heterocycles. The van der Waals surface area contributed by atoms with Crippen molar-refractivity contribution < 1.29 is 0 Å². The lowest BCUT2D eigenvalue weighted by Gasteiger charge is -2.31. The van der Waals surface area contributed by atoms with Crippen molar-refractivity contribution in [2.75, 3.05) is 0 Å². The zero-order chi connectivity index (χ0) is 43.7. The van der Waals surface area contributed by atoms with Crippen LogP contribution in [0.2, 0.25) is 0 Å². The zero-order valence-corrected chi connectivity index (χ0v) is 37.0. The van der Waals surface area contributed by atoms with Crippen LogP contribution in [0.3, 0.4) is 0 Å². The SMILES string of the molecule is CCC1(CC)c2cc(-c3ccc(-c4ccccc4)cc3)c(-c3ccc(-c4ccccc4)cc3)cc2-c2cc(-c3ccc(-c4ccccc4)cc3)c(-c3ccc(-c4ccccc4)cc3)cc21. The standard InChI is InChI=1S/C65H50/c1-3-65(4-2)63-43-59(55-37-29-51(30-38-55)47-21-13-7-14-22-47)57(53-33-25-49(26-34-53)45-17-9-5-10-18-45)41-61(63)62-42-58(54-35-27-50(28-36-54)46-19-11-6-12-20-46)60(44-64(62)65)56-39-31-52(32-40-56)48-23-15-8-16-24-48/h5-44H,3-4H2,1-2H3. The van der Waals surface area contributed by atoms with Gasteiger partial charge in [-0.3, -0.25) is 0 Å². The normalized spacial score (nSPS) is 12.4. The van der Waals surface area contributed by atoms with Crippen LogP contribution in [0.5, 0.6) is 0 Å². The highest BCUT2D eigenvalue weighted by Gasteiger charge is 2.42. The van der Waals surface area contributed by atoms with Gasteiger partial charge in [-0.1, -0.05) is 232 Å². The van der Waals surface area contributed by atoms with Crippen molar-refractivity contribution in [3.8, 4) is 100 Å². The molecule has 0 N–H and O–H groups in total. The van der Waals surface area contributed by atoms with Crippen molar-refractivity contribution in [1.82, 2.24) is 0 Å². The fourth-order valence-electron chi connectivity index (χ4n) is 10.4. The van der Waals surface area contributed by atoms with Gasteiger partial charge in [-0.2, -0.15) is 0 Å². The lowest BCUT2D eigenvalue weighted by Crippen LogP contribution is -2.23. The first-order valence-electron chi connectivity index (χ1n) is 23.1. The third-order valence-corrected chi connectivity index (χ3v) is 14.1. The summed E-state index contributed by atoms with van der Waals surface area (Å²) in [6.07, 6.45) is 2.00. The Balaban J connectivity index is 1.11. The Morgan fingerprint density at radius 1 is 0.215 bits per heavy atom. The van der Waals surface area contributed by atoms with Gasteiger partial charge in [0.2, 0.25) is 0 Å². The molecule has 11 rings (SSSR count). The molecule has 310 valence electrons. The molecule has 0 aromatic heterocycles. The molecule has 0 saturated heterocycles. The largest absolute Gasteiger partial charge is 0.0642 e. The second kappa shape index (κ2) is 17.1. The van der Waals surface area contributed by atoms with Gasteiger partial charge in [-0.25, -0.2) is 0 Å². The Morgan fingerprint density at radius 2 is 0.415 bits per heavy atom. The molecule has 65 heavy (non-hydrogen) atoms. The minimum absolute atomic E-state index is 0.159. The summed E-state index contributed by atoms with van der Waals surface area (Å²) in [5.74, 6) is 0. The van der Waals surface area contributed by atoms with E-state index in [-0.39, 0.29) is 5.41 Å². The highest BCUT2D eigenvalue weighted by Crippen LogP contribution is 2.57. The maximum atomic E-state index is 2.56. The van der Waals surface area contributed by atoms with E-state index in [1.165, 1.54) is 111 Å². The third-order valence-electron chi connectivity index (χ3n) is 14.1. The molecule has 0 spiro atoms. The van der Waals surface area contributed by atoms with Crippen molar-refractivity contribution >= 4 is 0 Å². The molecule has 1 aliphatic carbocycles. The molecule has 0 atom stereocenters. The summed E-state index contributed by atoms with van der Waals surface area (Å²) < 4.78 is 0. The maximum Gasteiger partial charge on any atom is 0.0210 e. The fourth-order valence-corrected chi connectivity index (χ4v) is 10.4. The molecule has 0 heteroatoms. The van der Waals surface area contributed by atoms with Gasteiger partial charge in [-0.05, 0) is 148 Å². The average Bonchev–Trinajstić information content (AvgIpc) is 3.67. The number of hydrogen-bond acceptors (Lipinski definition) is 0. The van der Waals surface area contributed by atoms with Crippen LogP contribution >= 0.6 is 0 Å². The number of fused-ring (bicyclic) bond motifs is 3. The number of hydrogen-bond donors (Lipinski definition) is 0. The van der Waals surface area contributed by atoms with Crippen LogP contribution < -0.4 is 0 Å². The van der Waals surface area contributed by atoms with Crippen LogP contribution in [0.25, 0.3) is 100 Å². The highest BCUT2D eigenvalue weighted by atomic mass is 14.4. The molecular weight excluding hydrogens is 781 g/mol. The third kappa shape index (κ3) is 7.32. The van der Waals surface area contributed by atoms with Crippen LogP contribution in [0.1, 0.15) is 37.8 Å². The van der Waals surface area contributed by atoms with E-state index in [1.807, 2.05) is 0 Å². The van der Waals surface area contributed by atoms with Crippen LogP contribution in [0.15, 0.2) is 243 Å². The Hall–Kier alpha value is -7.80. The van der Waals surface area contributed by atoms with Crippen LogP contribution in [-0.4, -0.2) is 0 Å². The smallest absolute Gasteiger partial charge is 0.0210 e. The van der Waals surface area contributed by atoms with E-state index in [2.05, 4.69) is 257 Å². The number of benzene rings is 10. The van der Waals surface area contributed by atoms with E-state index < -0.39 is 0 Å².